The van der Waals surface area contributed by atoms with Crippen LogP contribution in [0.2, 0.25) is 0 Å². The summed E-state index contributed by atoms with van der Waals surface area (Å²) in [7, 11) is 0. The summed E-state index contributed by atoms with van der Waals surface area (Å²) >= 11 is 3.40. The van der Waals surface area contributed by atoms with Crippen molar-refractivity contribution in [1.82, 2.24) is 19.9 Å². The zero-order chi connectivity index (χ0) is 20.9. The van der Waals surface area contributed by atoms with E-state index in [-0.39, 0.29) is 5.56 Å². The van der Waals surface area contributed by atoms with Crippen molar-refractivity contribution in [1.29, 1.82) is 0 Å². The first kappa shape index (κ1) is 20.0. The lowest BCUT2D eigenvalue weighted by molar-refractivity contribution is 0.340. The van der Waals surface area contributed by atoms with Crippen LogP contribution in [0.3, 0.4) is 0 Å². The molecule has 0 bridgehead atoms. The quantitative estimate of drug-likeness (QED) is 0.402. The number of hydrogen-bond acceptors (Lipinski definition) is 6. The Morgan fingerprint density at radius 3 is 2.47 bits per heavy atom. The minimum atomic E-state index is -0.183. The minimum absolute atomic E-state index is 0.183. The number of hydrogen-bond donors (Lipinski definition) is 0. The molecule has 2 aromatic carbocycles. The first-order valence-electron chi connectivity index (χ1n) is 9.52. The predicted octanol–water partition coefficient (Wildman–Crippen LogP) is 4.36. The molecule has 4 rings (SSSR count). The Morgan fingerprint density at radius 1 is 1.00 bits per heavy atom. The van der Waals surface area contributed by atoms with Crippen molar-refractivity contribution in [3.05, 3.63) is 81.4 Å². The van der Waals surface area contributed by atoms with Crippen LogP contribution in [0.25, 0.3) is 22.6 Å². The highest BCUT2D eigenvalue weighted by Crippen LogP contribution is 2.21. The van der Waals surface area contributed by atoms with Gasteiger partial charge in [0.2, 0.25) is 11.7 Å². The number of nitrogens with zero attached hydrogens (tertiary/aromatic N) is 4. The van der Waals surface area contributed by atoms with Gasteiger partial charge in [0.15, 0.2) is 0 Å². The van der Waals surface area contributed by atoms with Crippen molar-refractivity contribution in [2.45, 2.75) is 19.9 Å². The van der Waals surface area contributed by atoms with Gasteiger partial charge in [-0.05, 0) is 61.5 Å². The zero-order valence-corrected chi connectivity index (χ0v) is 17.9. The van der Waals surface area contributed by atoms with E-state index in [1.54, 1.807) is 6.07 Å². The number of rotatable bonds is 7. The number of benzene rings is 2. The van der Waals surface area contributed by atoms with E-state index < -0.39 is 0 Å². The van der Waals surface area contributed by atoms with Gasteiger partial charge in [-0.3, -0.25) is 4.79 Å². The van der Waals surface area contributed by atoms with E-state index in [2.05, 4.69) is 31.2 Å². The maximum atomic E-state index is 12.2. The normalized spacial score (nSPS) is 10.9. The first-order valence-corrected chi connectivity index (χ1v) is 10.3. The smallest absolute Gasteiger partial charge is 0.266 e. The van der Waals surface area contributed by atoms with Crippen LogP contribution >= 0.6 is 15.9 Å². The summed E-state index contributed by atoms with van der Waals surface area (Å²) in [5.74, 6) is 1.77. The van der Waals surface area contributed by atoms with Gasteiger partial charge in [-0.25, -0.2) is 4.68 Å². The van der Waals surface area contributed by atoms with Gasteiger partial charge in [-0.15, -0.1) is 0 Å². The van der Waals surface area contributed by atoms with Gasteiger partial charge in [-0.2, -0.15) is 10.1 Å². The monoisotopic (exact) mass is 466 g/mol. The molecular weight excluding hydrogens is 448 g/mol. The Balaban J connectivity index is 1.48. The summed E-state index contributed by atoms with van der Waals surface area (Å²) < 4.78 is 13.2. The van der Waals surface area contributed by atoms with Crippen molar-refractivity contribution >= 4 is 15.9 Å². The maximum Gasteiger partial charge on any atom is 0.266 e. The lowest BCUT2D eigenvalue weighted by atomic mass is 10.1. The fourth-order valence-electron chi connectivity index (χ4n) is 2.93. The van der Waals surface area contributed by atoms with E-state index in [4.69, 9.17) is 9.26 Å². The minimum Gasteiger partial charge on any atom is -0.494 e. The second-order valence-corrected chi connectivity index (χ2v) is 7.42. The highest BCUT2D eigenvalue weighted by atomic mass is 79.9. The summed E-state index contributed by atoms with van der Waals surface area (Å²) in [6.45, 7) is 2.89. The van der Waals surface area contributed by atoms with Crippen molar-refractivity contribution in [2.75, 3.05) is 6.61 Å². The van der Waals surface area contributed by atoms with Crippen molar-refractivity contribution < 1.29 is 9.26 Å². The van der Waals surface area contributed by atoms with Gasteiger partial charge in [-0.1, -0.05) is 21.1 Å². The van der Waals surface area contributed by atoms with E-state index in [0.29, 0.717) is 37.0 Å². The topological polar surface area (TPSA) is 83.0 Å². The molecule has 4 aromatic rings. The second-order valence-electron chi connectivity index (χ2n) is 6.51. The SMILES string of the molecule is CCOc1ccc(-c2ccc(=O)n(CCc3nc(-c4ccc(Br)cc4)no3)n2)cc1. The van der Waals surface area contributed by atoms with Gasteiger partial charge >= 0.3 is 0 Å². The second kappa shape index (κ2) is 9.04. The lowest BCUT2D eigenvalue weighted by Gasteiger charge is -2.07. The van der Waals surface area contributed by atoms with Crippen LogP contribution in [0.5, 0.6) is 5.75 Å². The molecule has 0 atom stereocenters. The molecule has 0 aliphatic heterocycles. The Kier molecular flexibility index (Phi) is 6.04. The number of ether oxygens (including phenoxy) is 1. The van der Waals surface area contributed by atoms with Gasteiger partial charge in [0.25, 0.3) is 5.56 Å². The average molecular weight is 467 g/mol. The molecule has 7 nitrogen and oxygen atoms in total. The van der Waals surface area contributed by atoms with Crippen LogP contribution in [-0.4, -0.2) is 26.5 Å². The fraction of sp³-hybridized carbons (Fsp3) is 0.182. The molecule has 0 aliphatic carbocycles. The average Bonchev–Trinajstić information content (AvgIpc) is 3.24. The third-order valence-corrected chi connectivity index (χ3v) is 4.96. The molecular formula is C22H19BrN4O3. The standard InChI is InChI=1S/C22H19BrN4O3/c1-2-29-18-9-5-15(6-10-18)19-11-12-21(28)27(25-19)14-13-20-24-22(26-30-20)16-3-7-17(23)8-4-16/h3-12H,2,13-14H2,1H3. The van der Waals surface area contributed by atoms with E-state index in [0.717, 1.165) is 21.3 Å². The van der Waals surface area contributed by atoms with Gasteiger partial charge in [0.1, 0.15) is 5.75 Å². The summed E-state index contributed by atoms with van der Waals surface area (Å²) in [5.41, 5.74) is 2.29. The van der Waals surface area contributed by atoms with Crippen molar-refractivity contribution in [3.8, 4) is 28.4 Å². The Bertz CT molecular complexity index is 1180. The zero-order valence-electron chi connectivity index (χ0n) is 16.3. The molecule has 0 amide bonds. The van der Waals surface area contributed by atoms with E-state index in [1.165, 1.54) is 10.7 Å². The Hall–Kier alpha value is -3.26. The van der Waals surface area contributed by atoms with E-state index in [1.807, 2.05) is 55.5 Å². The Morgan fingerprint density at radius 2 is 1.73 bits per heavy atom. The molecule has 2 heterocycles. The summed E-state index contributed by atoms with van der Waals surface area (Å²) in [6.07, 6.45) is 0.406. The molecule has 8 heteroatoms. The molecule has 2 aromatic heterocycles. The highest BCUT2D eigenvalue weighted by Gasteiger charge is 2.10. The van der Waals surface area contributed by atoms with E-state index in [9.17, 15) is 4.79 Å². The van der Waals surface area contributed by atoms with Crippen molar-refractivity contribution in [2.24, 2.45) is 0 Å². The molecule has 0 radical (unpaired) electrons. The molecule has 30 heavy (non-hydrogen) atoms. The van der Waals surface area contributed by atoms with Gasteiger partial charge in [0.05, 0.1) is 18.8 Å². The molecule has 0 unspecified atom stereocenters. The third kappa shape index (κ3) is 4.65. The summed E-state index contributed by atoms with van der Waals surface area (Å²) in [4.78, 5) is 16.6. The molecule has 0 spiro atoms. The van der Waals surface area contributed by atoms with Crippen molar-refractivity contribution in [3.63, 3.8) is 0 Å². The van der Waals surface area contributed by atoms with Gasteiger partial charge in [0, 0.05) is 28.1 Å². The van der Waals surface area contributed by atoms with Crippen LogP contribution < -0.4 is 10.3 Å². The summed E-state index contributed by atoms with van der Waals surface area (Å²) in [6, 6.07) is 18.5. The molecule has 0 aliphatic rings. The lowest BCUT2D eigenvalue weighted by Crippen LogP contribution is -2.23. The number of halogens is 1. The van der Waals surface area contributed by atoms with Gasteiger partial charge < -0.3 is 9.26 Å². The van der Waals surface area contributed by atoms with Crippen LogP contribution in [0.1, 0.15) is 12.8 Å². The molecule has 0 fully saturated rings. The van der Waals surface area contributed by atoms with Crippen LogP contribution in [0, 0.1) is 0 Å². The Labute approximate surface area is 181 Å². The van der Waals surface area contributed by atoms with Crippen LogP contribution in [-0.2, 0) is 13.0 Å². The molecule has 0 saturated heterocycles. The number of aromatic nitrogens is 4. The first-order chi connectivity index (χ1) is 14.6. The van der Waals surface area contributed by atoms with Crippen LogP contribution in [0.15, 0.2) is 74.5 Å². The molecule has 152 valence electrons. The fourth-order valence-corrected chi connectivity index (χ4v) is 3.19. The number of aryl methyl sites for hydroxylation is 2. The third-order valence-electron chi connectivity index (χ3n) is 4.44. The van der Waals surface area contributed by atoms with Crippen LogP contribution in [0.4, 0.5) is 0 Å². The predicted molar refractivity (Wildman–Crippen MR) is 116 cm³/mol. The molecule has 0 N–H and O–H groups in total. The maximum absolute atomic E-state index is 12.2. The summed E-state index contributed by atoms with van der Waals surface area (Å²) in [5, 5.41) is 8.49. The van der Waals surface area contributed by atoms with E-state index >= 15 is 0 Å². The largest absolute Gasteiger partial charge is 0.494 e. The molecule has 0 saturated carbocycles. The highest BCUT2D eigenvalue weighted by molar-refractivity contribution is 9.10.